The highest BCUT2D eigenvalue weighted by Gasteiger charge is 2.21. The summed E-state index contributed by atoms with van der Waals surface area (Å²) in [5.41, 5.74) is 0. The van der Waals surface area contributed by atoms with Gasteiger partial charge in [-0.2, -0.15) is 0 Å². The number of rotatable bonds is 2. The van der Waals surface area contributed by atoms with Crippen LogP contribution in [0.5, 0.6) is 0 Å². The molecule has 0 radical (unpaired) electrons. The third kappa shape index (κ3) is 4.79. The van der Waals surface area contributed by atoms with Crippen LogP contribution < -0.4 is 10.6 Å². The predicted octanol–water partition coefficient (Wildman–Crippen LogP) is 2.23. The second kappa shape index (κ2) is 7.87. The molecule has 1 aromatic heterocycles. The topological polar surface area (TPSA) is 54.0 Å². The number of nitrogens with one attached hydrogen (secondary N) is 2. The van der Waals surface area contributed by atoms with Crippen LogP contribution in [0.15, 0.2) is 6.20 Å². The van der Waals surface area contributed by atoms with Crippen molar-refractivity contribution in [2.24, 2.45) is 5.92 Å². The van der Waals surface area contributed by atoms with E-state index >= 15 is 0 Å². The first-order chi connectivity index (χ1) is 7.25. The molecule has 17 heavy (non-hydrogen) atoms. The number of anilines is 1. The molecule has 2 N–H and O–H groups in total. The number of amides is 1. The Morgan fingerprint density at radius 2 is 2.35 bits per heavy atom. The van der Waals surface area contributed by atoms with Crippen LogP contribution in [0.2, 0.25) is 0 Å². The molecular weight excluding hydrogens is 281 g/mol. The van der Waals surface area contributed by atoms with Crippen LogP contribution in [0.1, 0.15) is 17.7 Å². The Morgan fingerprint density at radius 1 is 1.59 bits per heavy atom. The summed E-state index contributed by atoms with van der Waals surface area (Å²) < 4.78 is 0. The summed E-state index contributed by atoms with van der Waals surface area (Å²) in [6.45, 7) is 3.80. The zero-order chi connectivity index (χ0) is 10.7. The Morgan fingerprint density at radius 3 is 2.88 bits per heavy atom. The zero-order valence-corrected chi connectivity index (χ0v) is 12.0. The summed E-state index contributed by atoms with van der Waals surface area (Å²) in [5.74, 6) is 0.194. The molecule has 1 aliphatic rings. The lowest BCUT2D eigenvalue weighted by atomic mass is 9.99. The molecule has 1 saturated heterocycles. The number of hydrogen-bond donors (Lipinski definition) is 2. The van der Waals surface area contributed by atoms with Crippen molar-refractivity contribution in [3.05, 3.63) is 11.1 Å². The fourth-order valence-corrected chi connectivity index (χ4v) is 2.36. The van der Waals surface area contributed by atoms with E-state index in [0.717, 1.165) is 30.8 Å². The standard InChI is InChI=1S/C10H15N3OS.2ClH/c1-7-5-12-10(15-7)13-9(14)8-3-2-4-11-6-8;;/h5,8,11H,2-4,6H2,1H3,(H,12,13,14);2*1H. The van der Waals surface area contributed by atoms with Crippen LogP contribution in [0.4, 0.5) is 5.13 Å². The third-order valence-electron chi connectivity index (χ3n) is 2.52. The van der Waals surface area contributed by atoms with Crippen molar-refractivity contribution in [2.75, 3.05) is 18.4 Å². The van der Waals surface area contributed by atoms with Crippen molar-refractivity contribution < 1.29 is 4.79 Å². The molecule has 1 fully saturated rings. The number of hydrogen-bond acceptors (Lipinski definition) is 4. The maximum Gasteiger partial charge on any atom is 0.230 e. The quantitative estimate of drug-likeness (QED) is 0.880. The highest BCUT2D eigenvalue weighted by atomic mass is 35.5. The van der Waals surface area contributed by atoms with Gasteiger partial charge in [-0.05, 0) is 26.3 Å². The van der Waals surface area contributed by atoms with Crippen molar-refractivity contribution in [3.63, 3.8) is 0 Å². The number of thiazole rings is 1. The van der Waals surface area contributed by atoms with E-state index in [1.807, 2.05) is 6.92 Å². The smallest absolute Gasteiger partial charge is 0.230 e. The normalized spacial score (nSPS) is 18.8. The van der Waals surface area contributed by atoms with Gasteiger partial charge in [-0.3, -0.25) is 4.79 Å². The van der Waals surface area contributed by atoms with Crippen LogP contribution in [-0.4, -0.2) is 24.0 Å². The molecule has 1 aromatic rings. The number of aryl methyl sites for hydroxylation is 1. The van der Waals surface area contributed by atoms with Gasteiger partial charge in [0.25, 0.3) is 0 Å². The molecule has 7 heteroatoms. The van der Waals surface area contributed by atoms with Gasteiger partial charge >= 0.3 is 0 Å². The molecule has 0 aliphatic carbocycles. The maximum atomic E-state index is 11.8. The lowest BCUT2D eigenvalue weighted by Crippen LogP contribution is -2.37. The Bertz CT molecular complexity index is 353. The maximum absolute atomic E-state index is 11.8. The first-order valence-corrected chi connectivity index (χ1v) is 6.01. The van der Waals surface area contributed by atoms with Gasteiger partial charge < -0.3 is 10.6 Å². The molecule has 1 atom stereocenters. The van der Waals surface area contributed by atoms with Gasteiger partial charge in [-0.15, -0.1) is 36.2 Å². The van der Waals surface area contributed by atoms with Gasteiger partial charge in [0.1, 0.15) is 0 Å². The second-order valence-electron chi connectivity index (χ2n) is 3.81. The molecule has 1 amide bonds. The summed E-state index contributed by atoms with van der Waals surface area (Å²) in [4.78, 5) is 17.0. The summed E-state index contributed by atoms with van der Waals surface area (Å²) in [5, 5.41) is 6.80. The van der Waals surface area contributed by atoms with Crippen LogP contribution in [0, 0.1) is 12.8 Å². The average molecular weight is 298 g/mol. The van der Waals surface area contributed by atoms with Gasteiger partial charge in [0.15, 0.2) is 5.13 Å². The summed E-state index contributed by atoms with van der Waals surface area (Å²) in [6.07, 6.45) is 3.83. The van der Waals surface area contributed by atoms with Crippen LogP contribution in [0.25, 0.3) is 0 Å². The van der Waals surface area contributed by atoms with Gasteiger partial charge in [-0.25, -0.2) is 4.98 Å². The van der Waals surface area contributed by atoms with Crippen molar-refractivity contribution in [1.82, 2.24) is 10.3 Å². The number of carbonyl (C=O) groups is 1. The lowest BCUT2D eigenvalue weighted by molar-refractivity contribution is -0.120. The first kappa shape index (κ1) is 16.6. The van der Waals surface area contributed by atoms with Crippen LogP contribution in [0.3, 0.4) is 0 Å². The minimum absolute atomic E-state index is 0. The average Bonchev–Trinajstić information content (AvgIpc) is 2.65. The molecule has 1 aliphatic heterocycles. The van der Waals surface area contributed by atoms with Crippen molar-refractivity contribution in [3.8, 4) is 0 Å². The van der Waals surface area contributed by atoms with E-state index < -0.39 is 0 Å². The number of aromatic nitrogens is 1. The van der Waals surface area contributed by atoms with E-state index in [1.54, 1.807) is 6.20 Å². The highest BCUT2D eigenvalue weighted by molar-refractivity contribution is 7.15. The Kier molecular flexibility index (Phi) is 7.70. The number of halogens is 2. The van der Waals surface area contributed by atoms with E-state index in [0.29, 0.717) is 5.13 Å². The Labute approximate surface area is 117 Å². The first-order valence-electron chi connectivity index (χ1n) is 5.20. The Hall–Kier alpha value is -0.360. The Balaban J connectivity index is 0.00000128. The second-order valence-corrected chi connectivity index (χ2v) is 5.04. The molecule has 1 unspecified atom stereocenters. The van der Waals surface area contributed by atoms with Crippen LogP contribution in [-0.2, 0) is 4.79 Å². The van der Waals surface area contributed by atoms with E-state index in [2.05, 4.69) is 15.6 Å². The zero-order valence-electron chi connectivity index (χ0n) is 9.56. The largest absolute Gasteiger partial charge is 0.316 e. The molecular formula is C10H17Cl2N3OS. The number of nitrogens with zero attached hydrogens (tertiary/aromatic N) is 1. The van der Waals surface area contributed by atoms with Gasteiger partial charge in [0.2, 0.25) is 5.91 Å². The van der Waals surface area contributed by atoms with Gasteiger partial charge in [0, 0.05) is 17.6 Å². The number of piperidine rings is 1. The van der Waals surface area contributed by atoms with Crippen molar-refractivity contribution >= 4 is 47.2 Å². The molecule has 2 rings (SSSR count). The lowest BCUT2D eigenvalue weighted by Gasteiger charge is -2.21. The molecule has 2 heterocycles. The van der Waals surface area contributed by atoms with E-state index in [-0.39, 0.29) is 36.6 Å². The highest BCUT2D eigenvalue weighted by Crippen LogP contribution is 2.18. The van der Waals surface area contributed by atoms with E-state index in [1.165, 1.54) is 11.3 Å². The molecule has 98 valence electrons. The van der Waals surface area contributed by atoms with Gasteiger partial charge in [-0.1, -0.05) is 0 Å². The molecule has 0 saturated carbocycles. The van der Waals surface area contributed by atoms with Crippen molar-refractivity contribution in [1.29, 1.82) is 0 Å². The minimum atomic E-state index is 0. The fraction of sp³-hybridized carbons (Fsp3) is 0.600. The predicted molar refractivity (Wildman–Crippen MR) is 75.6 cm³/mol. The SMILES string of the molecule is Cc1cnc(NC(=O)C2CCCNC2)s1.Cl.Cl. The van der Waals surface area contributed by atoms with Crippen molar-refractivity contribution in [2.45, 2.75) is 19.8 Å². The minimum Gasteiger partial charge on any atom is -0.316 e. The van der Waals surface area contributed by atoms with E-state index in [4.69, 9.17) is 0 Å². The molecule has 0 spiro atoms. The monoisotopic (exact) mass is 297 g/mol. The fourth-order valence-electron chi connectivity index (χ4n) is 1.70. The van der Waals surface area contributed by atoms with Crippen LogP contribution >= 0.6 is 36.2 Å². The summed E-state index contributed by atoms with van der Waals surface area (Å²) in [7, 11) is 0. The third-order valence-corrected chi connectivity index (χ3v) is 3.35. The van der Waals surface area contributed by atoms with E-state index in [9.17, 15) is 4.79 Å². The molecule has 0 bridgehead atoms. The summed E-state index contributed by atoms with van der Waals surface area (Å²) >= 11 is 1.52. The molecule has 4 nitrogen and oxygen atoms in total. The summed E-state index contributed by atoms with van der Waals surface area (Å²) in [6, 6.07) is 0. The molecule has 0 aromatic carbocycles. The number of carbonyl (C=O) groups excluding carboxylic acids is 1. The van der Waals surface area contributed by atoms with Gasteiger partial charge in [0.05, 0.1) is 5.92 Å².